The number of hydrogen-bond acceptors (Lipinski definition) is 3. The fourth-order valence-corrected chi connectivity index (χ4v) is 1.88. The fourth-order valence-electron chi connectivity index (χ4n) is 1.88. The summed E-state index contributed by atoms with van der Waals surface area (Å²) >= 11 is 0. The van der Waals surface area contributed by atoms with Crippen LogP contribution in [0.4, 0.5) is 5.69 Å². The predicted molar refractivity (Wildman–Crippen MR) is 87.1 cm³/mol. The van der Waals surface area contributed by atoms with Crippen LogP contribution in [0.3, 0.4) is 0 Å². The average molecular weight is 285 g/mol. The third-order valence-electron chi connectivity index (χ3n) is 2.84. The standard InChI is InChI=1S/C18H23NO2/c1-15(2)14-20-12-11-19-16-7-6-10-18(13-16)21-17-8-4-3-5-9-17/h3-10,13,15,19H,11-12,14H2,1-2H3. The zero-order chi connectivity index (χ0) is 14.9. The SMILES string of the molecule is CC(C)COCCNc1cccc(Oc2ccccc2)c1. The number of nitrogens with one attached hydrogen (secondary N) is 1. The lowest BCUT2D eigenvalue weighted by molar-refractivity contribution is 0.118. The van der Waals surface area contributed by atoms with Gasteiger partial charge in [-0.15, -0.1) is 0 Å². The maximum Gasteiger partial charge on any atom is 0.129 e. The molecule has 0 saturated carbocycles. The average Bonchev–Trinajstić information content (AvgIpc) is 2.48. The maximum absolute atomic E-state index is 5.81. The second-order valence-electron chi connectivity index (χ2n) is 5.34. The maximum atomic E-state index is 5.81. The number of hydrogen-bond donors (Lipinski definition) is 1. The lowest BCUT2D eigenvalue weighted by Gasteiger charge is -2.10. The van der Waals surface area contributed by atoms with Crippen LogP contribution in [-0.4, -0.2) is 19.8 Å². The van der Waals surface area contributed by atoms with Gasteiger partial charge in [0.1, 0.15) is 11.5 Å². The molecule has 112 valence electrons. The number of rotatable bonds is 8. The molecule has 0 aromatic heterocycles. The Morgan fingerprint density at radius 1 is 0.952 bits per heavy atom. The quantitative estimate of drug-likeness (QED) is 0.721. The fraction of sp³-hybridized carbons (Fsp3) is 0.333. The van der Waals surface area contributed by atoms with Crippen molar-refractivity contribution < 1.29 is 9.47 Å². The van der Waals surface area contributed by atoms with Gasteiger partial charge in [-0.3, -0.25) is 0 Å². The van der Waals surface area contributed by atoms with Gasteiger partial charge in [-0.1, -0.05) is 38.1 Å². The number of ether oxygens (including phenoxy) is 2. The second-order valence-corrected chi connectivity index (χ2v) is 5.34. The predicted octanol–water partition coefficient (Wildman–Crippen LogP) is 4.56. The Hall–Kier alpha value is -2.00. The minimum atomic E-state index is 0.576. The van der Waals surface area contributed by atoms with E-state index in [1.54, 1.807) is 0 Å². The molecule has 0 unspecified atom stereocenters. The summed E-state index contributed by atoms with van der Waals surface area (Å²) in [7, 11) is 0. The van der Waals surface area contributed by atoms with E-state index in [0.29, 0.717) is 12.5 Å². The normalized spacial score (nSPS) is 10.6. The highest BCUT2D eigenvalue weighted by Gasteiger charge is 1.99. The molecule has 21 heavy (non-hydrogen) atoms. The Morgan fingerprint density at radius 3 is 2.48 bits per heavy atom. The summed E-state index contributed by atoms with van der Waals surface area (Å²) in [6, 6.07) is 17.7. The molecule has 3 nitrogen and oxygen atoms in total. The van der Waals surface area contributed by atoms with Crippen molar-refractivity contribution in [2.75, 3.05) is 25.1 Å². The molecule has 2 aromatic rings. The van der Waals surface area contributed by atoms with Crippen LogP contribution in [0.1, 0.15) is 13.8 Å². The van der Waals surface area contributed by atoms with Crippen LogP contribution in [0.2, 0.25) is 0 Å². The van der Waals surface area contributed by atoms with Crippen LogP contribution in [0, 0.1) is 5.92 Å². The summed E-state index contributed by atoms with van der Waals surface area (Å²) in [5.41, 5.74) is 1.04. The molecule has 0 fully saturated rings. The van der Waals surface area contributed by atoms with Crippen LogP contribution in [0.25, 0.3) is 0 Å². The van der Waals surface area contributed by atoms with Gasteiger partial charge in [0, 0.05) is 24.9 Å². The van der Waals surface area contributed by atoms with E-state index in [1.807, 2.05) is 54.6 Å². The molecule has 2 aromatic carbocycles. The first-order valence-corrected chi connectivity index (χ1v) is 7.38. The summed E-state index contributed by atoms with van der Waals surface area (Å²) in [5, 5.41) is 3.34. The van der Waals surface area contributed by atoms with E-state index in [-0.39, 0.29) is 0 Å². The third kappa shape index (κ3) is 5.88. The summed E-state index contributed by atoms with van der Waals surface area (Å²) < 4.78 is 11.4. The van der Waals surface area contributed by atoms with Crippen molar-refractivity contribution in [1.82, 2.24) is 0 Å². The van der Waals surface area contributed by atoms with Gasteiger partial charge in [-0.05, 0) is 30.2 Å². The van der Waals surface area contributed by atoms with Crippen LogP contribution < -0.4 is 10.1 Å². The molecule has 3 heteroatoms. The third-order valence-corrected chi connectivity index (χ3v) is 2.84. The molecule has 0 amide bonds. The lowest BCUT2D eigenvalue weighted by Crippen LogP contribution is -2.12. The Kier molecular flexibility index (Phi) is 6.10. The van der Waals surface area contributed by atoms with Crippen LogP contribution >= 0.6 is 0 Å². The Balaban J connectivity index is 1.81. The zero-order valence-corrected chi connectivity index (χ0v) is 12.7. The van der Waals surface area contributed by atoms with Crippen molar-refractivity contribution in [2.24, 2.45) is 5.92 Å². The Labute approximate surface area is 126 Å². The molecular weight excluding hydrogens is 262 g/mol. The van der Waals surface area contributed by atoms with E-state index in [0.717, 1.165) is 30.3 Å². The van der Waals surface area contributed by atoms with Gasteiger partial charge in [0.25, 0.3) is 0 Å². The molecule has 0 heterocycles. The topological polar surface area (TPSA) is 30.5 Å². The second kappa shape index (κ2) is 8.32. The Morgan fingerprint density at radius 2 is 1.71 bits per heavy atom. The lowest BCUT2D eigenvalue weighted by atomic mass is 10.2. The van der Waals surface area contributed by atoms with E-state index in [2.05, 4.69) is 19.2 Å². The molecule has 1 N–H and O–H groups in total. The van der Waals surface area contributed by atoms with Crippen molar-refractivity contribution in [3.63, 3.8) is 0 Å². The number of anilines is 1. The molecular formula is C18H23NO2. The number of para-hydroxylation sites is 1. The van der Waals surface area contributed by atoms with Crippen LogP contribution in [0.5, 0.6) is 11.5 Å². The van der Waals surface area contributed by atoms with E-state index >= 15 is 0 Å². The van der Waals surface area contributed by atoms with Crippen molar-refractivity contribution >= 4 is 5.69 Å². The molecule has 0 radical (unpaired) electrons. The largest absolute Gasteiger partial charge is 0.457 e. The van der Waals surface area contributed by atoms with Crippen molar-refractivity contribution in [2.45, 2.75) is 13.8 Å². The van der Waals surface area contributed by atoms with Crippen LogP contribution in [-0.2, 0) is 4.74 Å². The first-order valence-electron chi connectivity index (χ1n) is 7.38. The molecule has 0 atom stereocenters. The summed E-state index contributed by atoms with van der Waals surface area (Å²) in [6.07, 6.45) is 0. The zero-order valence-electron chi connectivity index (χ0n) is 12.7. The van der Waals surface area contributed by atoms with Gasteiger partial charge >= 0.3 is 0 Å². The first-order chi connectivity index (χ1) is 10.2. The molecule has 0 aliphatic heterocycles. The van der Waals surface area contributed by atoms with Gasteiger partial charge in [0.05, 0.1) is 6.61 Å². The summed E-state index contributed by atoms with van der Waals surface area (Å²) in [6.45, 7) is 6.61. The molecule has 0 aliphatic carbocycles. The van der Waals surface area contributed by atoms with Crippen molar-refractivity contribution in [3.8, 4) is 11.5 Å². The van der Waals surface area contributed by atoms with Crippen molar-refractivity contribution in [1.29, 1.82) is 0 Å². The van der Waals surface area contributed by atoms with Crippen LogP contribution in [0.15, 0.2) is 54.6 Å². The summed E-state index contributed by atoms with van der Waals surface area (Å²) in [5.74, 6) is 2.25. The Bertz CT molecular complexity index is 526. The van der Waals surface area contributed by atoms with Gasteiger partial charge in [-0.25, -0.2) is 0 Å². The first kappa shape index (κ1) is 15.4. The highest BCUT2D eigenvalue weighted by molar-refractivity contribution is 5.49. The van der Waals surface area contributed by atoms with E-state index < -0.39 is 0 Å². The molecule has 0 saturated heterocycles. The van der Waals surface area contributed by atoms with Gasteiger partial charge in [-0.2, -0.15) is 0 Å². The molecule has 0 spiro atoms. The smallest absolute Gasteiger partial charge is 0.129 e. The van der Waals surface area contributed by atoms with Gasteiger partial charge in [0.2, 0.25) is 0 Å². The van der Waals surface area contributed by atoms with E-state index in [9.17, 15) is 0 Å². The van der Waals surface area contributed by atoms with Gasteiger partial charge in [0.15, 0.2) is 0 Å². The van der Waals surface area contributed by atoms with Crippen molar-refractivity contribution in [3.05, 3.63) is 54.6 Å². The highest BCUT2D eigenvalue weighted by atomic mass is 16.5. The number of benzene rings is 2. The van der Waals surface area contributed by atoms with E-state index in [4.69, 9.17) is 9.47 Å². The van der Waals surface area contributed by atoms with E-state index in [1.165, 1.54) is 0 Å². The highest BCUT2D eigenvalue weighted by Crippen LogP contribution is 2.23. The molecule has 2 rings (SSSR count). The van der Waals surface area contributed by atoms with Gasteiger partial charge < -0.3 is 14.8 Å². The molecule has 0 aliphatic rings. The monoisotopic (exact) mass is 285 g/mol. The minimum absolute atomic E-state index is 0.576. The summed E-state index contributed by atoms with van der Waals surface area (Å²) in [4.78, 5) is 0. The molecule has 0 bridgehead atoms. The minimum Gasteiger partial charge on any atom is -0.457 e.